The van der Waals surface area contributed by atoms with Gasteiger partial charge in [-0.2, -0.15) is 0 Å². The van der Waals surface area contributed by atoms with E-state index in [2.05, 4.69) is 41.1 Å². The highest BCUT2D eigenvalue weighted by molar-refractivity contribution is 9.10. The molecule has 0 bridgehead atoms. The van der Waals surface area contributed by atoms with Crippen LogP contribution in [0, 0.1) is 12.3 Å². The molecule has 2 saturated carbocycles. The monoisotopic (exact) mass is 356 g/mol. The summed E-state index contributed by atoms with van der Waals surface area (Å²) in [5, 5.41) is 0.307. The molecule has 0 radical (unpaired) electrons. The van der Waals surface area contributed by atoms with E-state index in [0.717, 1.165) is 16.6 Å². The van der Waals surface area contributed by atoms with Crippen LogP contribution in [0.15, 0.2) is 22.7 Å². The normalized spacial score (nSPS) is 28.8. The second kappa shape index (κ2) is 5.88. The maximum atomic E-state index is 6.60. The summed E-state index contributed by atoms with van der Waals surface area (Å²) in [7, 11) is 0. The standard InChI is InChI=1S/C17H22BrClO/c1-12-10-13(18)6-7-14(12)20-16-11-15(19)17(16)8-4-2-3-5-9-17/h6-7,10,15-16H,2-5,8-9,11H2,1H3. The van der Waals surface area contributed by atoms with Crippen molar-refractivity contribution >= 4 is 27.5 Å². The highest BCUT2D eigenvalue weighted by Gasteiger charge is 2.55. The zero-order chi connectivity index (χ0) is 14.2. The van der Waals surface area contributed by atoms with Crippen LogP contribution in [0.5, 0.6) is 5.75 Å². The van der Waals surface area contributed by atoms with Crippen LogP contribution >= 0.6 is 27.5 Å². The van der Waals surface area contributed by atoms with Gasteiger partial charge in [0, 0.05) is 21.7 Å². The van der Waals surface area contributed by atoms with Crippen LogP contribution < -0.4 is 4.74 Å². The van der Waals surface area contributed by atoms with Gasteiger partial charge in [-0.1, -0.05) is 41.6 Å². The zero-order valence-electron chi connectivity index (χ0n) is 12.0. The van der Waals surface area contributed by atoms with Gasteiger partial charge in [0.15, 0.2) is 0 Å². The van der Waals surface area contributed by atoms with Crippen molar-refractivity contribution in [2.24, 2.45) is 5.41 Å². The molecule has 2 atom stereocenters. The summed E-state index contributed by atoms with van der Waals surface area (Å²) in [4.78, 5) is 0. The Balaban J connectivity index is 1.76. The van der Waals surface area contributed by atoms with Gasteiger partial charge in [0.1, 0.15) is 11.9 Å². The molecule has 3 rings (SSSR count). The molecule has 3 heteroatoms. The Morgan fingerprint density at radius 1 is 1.20 bits per heavy atom. The Morgan fingerprint density at radius 3 is 2.50 bits per heavy atom. The molecule has 2 aliphatic rings. The fraction of sp³-hybridized carbons (Fsp3) is 0.647. The van der Waals surface area contributed by atoms with Gasteiger partial charge >= 0.3 is 0 Å². The van der Waals surface area contributed by atoms with Crippen LogP contribution in [0.1, 0.15) is 50.5 Å². The number of halogens is 2. The van der Waals surface area contributed by atoms with E-state index in [-0.39, 0.29) is 5.41 Å². The molecule has 2 fully saturated rings. The van der Waals surface area contributed by atoms with E-state index in [9.17, 15) is 0 Å². The summed E-state index contributed by atoms with van der Waals surface area (Å²) in [6.07, 6.45) is 9.11. The Labute approximate surface area is 135 Å². The number of ether oxygens (including phenoxy) is 1. The Morgan fingerprint density at radius 2 is 1.90 bits per heavy atom. The van der Waals surface area contributed by atoms with Crippen LogP contribution in [-0.2, 0) is 0 Å². The zero-order valence-corrected chi connectivity index (χ0v) is 14.3. The minimum Gasteiger partial charge on any atom is -0.489 e. The smallest absolute Gasteiger partial charge is 0.122 e. The quantitative estimate of drug-likeness (QED) is 0.603. The molecule has 110 valence electrons. The predicted octanol–water partition coefficient (Wildman–Crippen LogP) is 5.86. The lowest BCUT2D eigenvalue weighted by molar-refractivity contribution is -0.0515. The number of benzene rings is 1. The molecule has 1 aromatic carbocycles. The van der Waals surface area contributed by atoms with E-state index in [1.165, 1.54) is 44.1 Å². The highest BCUT2D eigenvalue weighted by atomic mass is 79.9. The lowest BCUT2D eigenvalue weighted by atomic mass is 9.61. The van der Waals surface area contributed by atoms with E-state index in [4.69, 9.17) is 16.3 Å². The maximum absolute atomic E-state index is 6.60. The lowest BCUT2D eigenvalue weighted by Crippen LogP contribution is -2.57. The Kier molecular flexibility index (Phi) is 4.33. The summed E-state index contributed by atoms with van der Waals surface area (Å²) in [5.74, 6) is 1.02. The molecule has 1 spiro atoms. The minimum absolute atomic E-state index is 0.234. The first-order valence-corrected chi connectivity index (χ1v) is 8.92. The van der Waals surface area contributed by atoms with Gasteiger partial charge in [0.2, 0.25) is 0 Å². The summed E-state index contributed by atoms with van der Waals surface area (Å²) in [6.45, 7) is 2.11. The summed E-state index contributed by atoms with van der Waals surface area (Å²) < 4.78 is 7.46. The third-order valence-corrected chi connectivity index (χ3v) is 6.23. The van der Waals surface area contributed by atoms with Crippen molar-refractivity contribution in [2.75, 3.05) is 0 Å². The second-order valence-electron chi connectivity index (χ2n) is 6.37. The van der Waals surface area contributed by atoms with Crippen molar-refractivity contribution in [3.05, 3.63) is 28.2 Å². The van der Waals surface area contributed by atoms with E-state index in [0.29, 0.717) is 11.5 Å². The molecule has 1 aromatic rings. The number of aryl methyl sites for hydroxylation is 1. The SMILES string of the molecule is Cc1cc(Br)ccc1OC1CC(Cl)C12CCCCCC2. The second-order valence-corrected chi connectivity index (χ2v) is 7.81. The van der Waals surface area contributed by atoms with Crippen LogP contribution in [0.4, 0.5) is 0 Å². The molecule has 0 aliphatic heterocycles. The molecule has 2 aliphatic carbocycles. The molecule has 20 heavy (non-hydrogen) atoms. The molecular formula is C17H22BrClO. The van der Waals surface area contributed by atoms with Gasteiger partial charge in [-0.05, 0) is 43.5 Å². The van der Waals surface area contributed by atoms with Gasteiger partial charge in [0.05, 0.1) is 0 Å². The number of rotatable bonds is 2. The fourth-order valence-electron chi connectivity index (χ4n) is 3.78. The first kappa shape index (κ1) is 14.7. The van der Waals surface area contributed by atoms with Crippen molar-refractivity contribution in [1.29, 1.82) is 0 Å². The van der Waals surface area contributed by atoms with Crippen molar-refractivity contribution in [3.8, 4) is 5.75 Å². The maximum Gasteiger partial charge on any atom is 0.122 e. The first-order chi connectivity index (χ1) is 9.62. The number of hydrogen-bond donors (Lipinski definition) is 0. The van der Waals surface area contributed by atoms with Gasteiger partial charge < -0.3 is 4.74 Å². The summed E-state index contributed by atoms with van der Waals surface area (Å²) in [5.41, 5.74) is 1.43. The predicted molar refractivity (Wildman–Crippen MR) is 87.7 cm³/mol. The molecule has 1 nitrogen and oxygen atoms in total. The van der Waals surface area contributed by atoms with Crippen LogP contribution in [0.25, 0.3) is 0 Å². The summed E-state index contributed by atoms with van der Waals surface area (Å²) in [6, 6.07) is 6.25. The van der Waals surface area contributed by atoms with E-state index in [1.54, 1.807) is 0 Å². The molecule has 0 aromatic heterocycles. The van der Waals surface area contributed by atoms with E-state index >= 15 is 0 Å². The number of hydrogen-bond acceptors (Lipinski definition) is 1. The van der Waals surface area contributed by atoms with E-state index in [1.807, 2.05) is 0 Å². The van der Waals surface area contributed by atoms with Crippen molar-refractivity contribution in [3.63, 3.8) is 0 Å². The van der Waals surface area contributed by atoms with Gasteiger partial charge in [-0.3, -0.25) is 0 Å². The molecule has 0 saturated heterocycles. The average molecular weight is 358 g/mol. The molecule has 0 amide bonds. The third kappa shape index (κ3) is 2.62. The van der Waals surface area contributed by atoms with Gasteiger partial charge in [0.25, 0.3) is 0 Å². The van der Waals surface area contributed by atoms with Crippen LogP contribution in [0.2, 0.25) is 0 Å². The topological polar surface area (TPSA) is 9.23 Å². The molecule has 0 heterocycles. The van der Waals surface area contributed by atoms with Crippen LogP contribution in [0.3, 0.4) is 0 Å². The van der Waals surface area contributed by atoms with Crippen molar-refractivity contribution < 1.29 is 4.74 Å². The fourth-order valence-corrected chi connectivity index (χ4v) is 4.78. The van der Waals surface area contributed by atoms with Crippen molar-refractivity contribution in [2.45, 2.75) is 63.4 Å². The molecule has 0 N–H and O–H groups in total. The van der Waals surface area contributed by atoms with E-state index < -0.39 is 0 Å². The Bertz CT molecular complexity index is 480. The van der Waals surface area contributed by atoms with Crippen molar-refractivity contribution in [1.82, 2.24) is 0 Å². The number of alkyl halides is 1. The van der Waals surface area contributed by atoms with Gasteiger partial charge in [-0.15, -0.1) is 11.6 Å². The molecule has 2 unspecified atom stereocenters. The third-order valence-electron chi connectivity index (χ3n) is 5.13. The first-order valence-electron chi connectivity index (χ1n) is 7.69. The summed E-state index contributed by atoms with van der Waals surface area (Å²) >= 11 is 10.1. The average Bonchev–Trinajstić information content (AvgIpc) is 2.69. The molecular weight excluding hydrogens is 336 g/mol. The van der Waals surface area contributed by atoms with Crippen LogP contribution in [-0.4, -0.2) is 11.5 Å². The minimum atomic E-state index is 0.234. The largest absolute Gasteiger partial charge is 0.489 e. The van der Waals surface area contributed by atoms with Gasteiger partial charge in [-0.25, -0.2) is 0 Å². The highest BCUT2D eigenvalue weighted by Crippen LogP contribution is 2.55. The lowest BCUT2D eigenvalue weighted by Gasteiger charge is -2.53. The Hall–Kier alpha value is -0.210.